The summed E-state index contributed by atoms with van der Waals surface area (Å²) in [6.07, 6.45) is 0. The van der Waals surface area contributed by atoms with Crippen LogP contribution in [-0.4, -0.2) is 5.97 Å². The van der Waals surface area contributed by atoms with Crippen molar-refractivity contribution < 1.29 is 9.53 Å². The Morgan fingerprint density at radius 3 is 1.32 bits per heavy atom. The Morgan fingerprint density at radius 1 is 0.553 bits per heavy atom. The van der Waals surface area contributed by atoms with E-state index < -0.39 is 7.26 Å². The molecule has 0 amide bonds. The Bertz CT molecular complexity index is 1360. The molecule has 5 aromatic rings. The molecule has 0 aliphatic rings. The van der Waals surface area contributed by atoms with E-state index >= 15 is 0 Å². The van der Waals surface area contributed by atoms with E-state index in [2.05, 4.69) is 127 Å². The molecule has 0 aromatic heterocycles. The topological polar surface area (TPSA) is 26.3 Å². The van der Waals surface area contributed by atoms with Crippen molar-refractivity contribution in [3.63, 3.8) is 0 Å². The molecule has 0 atom stereocenters. The zero-order chi connectivity index (χ0) is 26.4. The minimum absolute atomic E-state index is 0.119. The average Bonchev–Trinajstić information content (AvgIpc) is 2.98. The van der Waals surface area contributed by atoms with Crippen molar-refractivity contribution >= 4 is 34.4 Å². The Labute approximate surface area is 226 Å². The van der Waals surface area contributed by atoms with Crippen molar-refractivity contribution in [1.82, 2.24) is 0 Å². The van der Waals surface area contributed by atoms with Crippen molar-refractivity contribution in [2.45, 2.75) is 20.5 Å². The second-order valence-electron chi connectivity index (χ2n) is 9.88. The predicted octanol–water partition coefficient (Wildman–Crippen LogP) is 6.40. The van der Waals surface area contributed by atoms with Gasteiger partial charge in [0.25, 0.3) is 0 Å². The van der Waals surface area contributed by atoms with Crippen LogP contribution in [0.3, 0.4) is 0 Å². The molecule has 0 saturated carbocycles. The molecule has 2 nitrogen and oxygen atoms in total. The van der Waals surface area contributed by atoms with Crippen molar-refractivity contribution in [2.75, 3.05) is 0 Å². The fraction of sp³-hybridized carbons (Fsp3) is 0.114. The molecular weight excluding hydrogens is 483 g/mol. The van der Waals surface area contributed by atoms with Crippen LogP contribution in [0.15, 0.2) is 140 Å². The van der Waals surface area contributed by atoms with E-state index in [1.54, 1.807) is 0 Å². The SMILES string of the molecule is CC(C)C(=O)OCc1ccc(-c2ccc([PH](c3ccccc3)(c3ccccc3)c3ccccc3)cc2)cc1. The Kier molecular flexibility index (Phi) is 7.82. The minimum atomic E-state index is -2.51. The van der Waals surface area contributed by atoms with Crippen LogP contribution >= 0.6 is 7.26 Å². The summed E-state index contributed by atoms with van der Waals surface area (Å²) in [4.78, 5) is 11.8. The summed E-state index contributed by atoms with van der Waals surface area (Å²) in [5, 5.41) is 5.45. The van der Waals surface area contributed by atoms with Gasteiger partial charge in [0, 0.05) is 0 Å². The summed E-state index contributed by atoms with van der Waals surface area (Å²) in [7, 11) is -2.51. The van der Waals surface area contributed by atoms with E-state index in [1.807, 2.05) is 26.0 Å². The van der Waals surface area contributed by atoms with Crippen LogP contribution in [0.4, 0.5) is 0 Å². The number of ether oxygens (including phenoxy) is 1. The zero-order valence-electron chi connectivity index (χ0n) is 21.9. The van der Waals surface area contributed by atoms with E-state index in [-0.39, 0.29) is 11.9 Å². The summed E-state index contributed by atoms with van der Waals surface area (Å²) >= 11 is 0. The molecule has 0 radical (unpaired) electrons. The second kappa shape index (κ2) is 11.6. The van der Waals surface area contributed by atoms with Crippen LogP contribution in [-0.2, 0) is 16.1 Å². The molecule has 38 heavy (non-hydrogen) atoms. The molecule has 5 rings (SSSR count). The van der Waals surface area contributed by atoms with Gasteiger partial charge >= 0.3 is 213 Å². The van der Waals surface area contributed by atoms with Gasteiger partial charge in [-0.1, -0.05) is 13.8 Å². The first-order chi connectivity index (χ1) is 18.6. The van der Waals surface area contributed by atoms with Gasteiger partial charge in [0.2, 0.25) is 0 Å². The molecule has 0 heterocycles. The van der Waals surface area contributed by atoms with Gasteiger partial charge in [-0.15, -0.1) is 0 Å². The summed E-state index contributed by atoms with van der Waals surface area (Å²) in [5.41, 5.74) is 3.29. The van der Waals surface area contributed by atoms with Crippen LogP contribution in [0.2, 0.25) is 0 Å². The average molecular weight is 517 g/mol. The van der Waals surface area contributed by atoms with Crippen LogP contribution < -0.4 is 21.2 Å². The molecule has 3 heteroatoms. The van der Waals surface area contributed by atoms with Crippen LogP contribution in [0.25, 0.3) is 11.1 Å². The summed E-state index contributed by atoms with van der Waals surface area (Å²) in [6.45, 7) is 4.00. The van der Waals surface area contributed by atoms with E-state index in [4.69, 9.17) is 4.74 Å². The van der Waals surface area contributed by atoms with Crippen LogP contribution in [0, 0.1) is 5.92 Å². The standard InChI is InChI=1S/C35H33O2P/c1-27(2)35(36)37-26-28-18-20-29(21-19-28)30-22-24-34(25-23-30)38(31-12-6-3-7-13-31,32-14-8-4-9-15-32)33-16-10-5-11-17-33/h3-25,27,38H,26H2,1-2H3. The molecule has 0 saturated heterocycles. The zero-order valence-corrected chi connectivity index (χ0v) is 22.9. The maximum absolute atomic E-state index is 11.8. The number of rotatable bonds is 8. The second-order valence-corrected chi connectivity index (χ2v) is 13.7. The predicted molar refractivity (Wildman–Crippen MR) is 163 cm³/mol. The number of benzene rings is 5. The first kappa shape index (κ1) is 25.6. The number of hydrogen-bond acceptors (Lipinski definition) is 2. The quantitative estimate of drug-likeness (QED) is 0.176. The summed E-state index contributed by atoms with van der Waals surface area (Å²) in [5.74, 6) is -0.293. The van der Waals surface area contributed by atoms with Crippen molar-refractivity contribution in [1.29, 1.82) is 0 Å². The number of hydrogen-bond donors (Lipinski definition) is 0. The van der Waals surface area contributed by atoms with Gasteiger partial charge in [-0.2, -0.15) is 0 Å². The van der Waals surface area contributed by atoms with E-state index in [0.29, 0.717) is 6.61 Å². The van der Waals surface area contributed by atoms with Gasteiger partial charge in [-0.3, -0.25) is 0 Å². The summed E-state index contributed by atoms with van der Waals surface area (Å²) < 4.78 is 5.38. The third kappa shape index (κ3) is 5.19. The van der Waals surface area contributed by atoms with Gasteiger partial charge in [0.1, 0.15) is 0 Å². The fourth-order valence-electron chi connectivity index (χ4n) is 5.09. The van der Waals surface area contributed by atoms with Crippen LogP contribution in [0.5, 0.6) is 0 Å². The Balaban J connectivity index is 1.54. The molecule has 5 aromatic carbocycles. The third-order valence-corrected chi connectivity index (χ3v) is 11.9. The molecule has 0 spiro atoms. The van der Waals surface area contributed by atoms with Crippen molar-refractivity contribution in [3.05, 3.63) is 145 Å². The van der Waals surface area contributed by atoms with E-state index in [9.17, 15) is 4.79 Å². The number of esters is 1. The third-order valence-electron chi connectivity index (χ3n) is 7.08. The Morgan fingerprint density at radius 2 is 0.921 bits per heavy atom. The normalized spacial score (nSPS) is 11.8. The van der Waals surface area contributed by atoms with Crippen LogP contribution in [0.1, 0.15) is 19.4 Å². The fourth-order valence-corrected chi connectivity index (χ4v) is 9.84. The number of carbonyl (C=O) groups is 1. The first-order valence-electron chi connectivity index (χ1n) is 13.1. The monoisotopic (exact) mass is 516 g/mol. The molecule has 0 fully saturated rings. The van der Waals surface area contributed by atoms with E-state index in [1.165, 1.54) is 21.2 Å². The van der Waals surface area contributed by atoms with Gasteiger partial charge < -0.3 is 0 Å². The van der Waals surface area contributed by atoms with Crippen molar-refractivity contribution in [3.8, 4) is 11.1 Å². The molecule has 190 valence electrons. The molecule has 0 N–H and O–H groups in total. The van der Waals surface area contributed by atoms with E-state index in [0.717, 1.165) is 16.7 Å². The first-order valence-corrected chi connectivity index (χ1v) is 15.1. The van der Waals surface area contributed by atoms with Gasteiger partial charge in [0.15, 0.2) is 0 Å². The van der Waals surface area contributed by atoms with Gasteiger partial charge in [-0.05, 0) is 0 Å². The maximum atomic E-state index is 11.8. The van der Waals surface area contributed by atoms with Gasteiger partial charge in [0.05, 0.1) is 0 Å². The molecular formula is C35H33O2P. The summed E-state index contributed by atoms with van der Waals surface area (Å²) in [6, 6.07) is 50.2. The van der Waals surface area contributed by atoms with Gasteiger partial charge in [-0.25, -0.2) is 0 Å². The molecule has 0 aliphatic carbocycles. The molecule has 0 aliphatic heterocycles. The molecule has 0 bridgehead atoms. The van der Waals surface area contributed by atoms with Crippen molar-refractivity contribution in [2.24, 2.45) is 5.92 Å². The molecule has 0 unspecified atom stereocenters. The number of carbonyl (C=O) groups excluding carboxylic acids is 1. The Hall–Kier alpha value is -4.00.